The molecule has 0 saturated carbocycles. The Balaban J connectivity index is -0.00000312. The molecule has 0 heterocycles. The molecule has 4 N–H and O–H groups in total. The van der Waals surface area contributed by atoms with Gasteiger partial charge in [0.2, 0.25) is 0 Å². The molecule has 0 aromatic carbocycles. The zero-order chi connectivity index (χ0) is 19.3. The maximum absolute atomic E-state index is 11.7. The molecule has 0 spiro atoms. The summed E-state index contributed by atoms with van der Waals surface area (Å²) in [4.78, 5) is 11.7. The van der Waals surface area contributed by atoms with Crippen molar-refractivity contribution < 1.29 is 40.5 Å². The van der Waals surface area contributed by atoms with Crippen molar-refractivity contribution in [2.45, 2.75) is 122 Å². The van der Waals surface area contributed by atoms with E-state index in [1.54, 1.807) is 0 Å². The zero-order valence-corrected chi connectivity index (χ0v) is 20.5. The van der Waals surface area contributed by atoms with Gasteiger partial charge in [-0.2, -0.15) is 0 Å². The van der Waals surface area contributed by atoms with E-state index in [2.05, 4.69) is 6.92 Å². The Hall–Kier alpha value is 0.390. The van der Waals surface area contributed by atoms with Crippen LogP contribution in [0, 0.1) is 0 Å². The summed E-state index contributed by atoms with van der Waals surface area (Å²) in [6, 6.07) is -0.479. The van der Waals surface area contributed by atoms with Crippen molar-refractivity contribution in [3.8, 4) is 0 Å². The first-order chi connectivity index (χ1) is 12.7. The Bertz CT molecular complexity index is 310. The third-order valence-electron chi connectivity index (χ3n) is 5.01. The van der Waals surface area contributed by atoms with Crippen molar-refractivity contribution in [2.24, 2.45) is 11.5 Å². The molecule has 0 aliphatic rings. The van der Waals surface area contributed by atoms with Gasteiger partial charge in [-0.15, -0.1) is 0 Å². The van der Waals surface area contributed by atoms with Crippen LogP contribution in [0.25, 0.3) is 0 Å². The maximum Gasteiger partial charge on any atom is 1.00 e. The van der Waals surface area contributed by atoms with Gasteiger partial charge in [-0.3, -0.25) is 4.79 Å². The average Bonchev–Trinajstić information content (AvgIpc) is 2.64. The van der Waals surface area contributed by atoms with Gasteiger partial charge in [0.15, 0.2) is 0 Å². The monoisotopic (exact) mass is 394 g/mol. The summed E-state index contributed by atoms with van der Waals surface area (Å²) in [5, 5.41) is 0. The van der Waals surface area contributed by atoms with Crippen LogP contribution in [-0.2, 0) is 9.53 Å². The SMILES string of the molecule is CCCCCCCCCCCCCCCCOC(=O)[C@@H](N)CCCCN.[H-].[Na+]. The standard InChI is InChI=1S/C22H46N2O2.Na.H/c1-2-3-4-5-6-7-8-9-10-11-12-13-14-17-20-26-22(25)21(24)18-15-16-19-23;;/h21H,2-20,23-24H2,1H3;;/q;+1;-1/t21-;;/m0../s1. The largest absolute Gasteiger partial charge is 1.00 e. The van der Waals surface area contributed by atoms with E-state index in [1.165, 1.54) is 77.0 Å². The molecule has 0 fully saturated rings. The fourth-order valence-corrected chi connectivity index (χ4v) is 3.20. The van der Waals surface area contributed by atoms with Gasteiger partial charge in [-0.05, 0) is 25.8 Å². The second-order valence-corrected chi connectivity index (χ2v) is 7.65. The molecule has 27 heavy (non-hydrogen) atoms. The molecule has 0 aliphatic heterocycles. The summed E-state index contributed by atoms with van der Waals surface area (Å²) in [6.07, 6.45) is 21.1. The van der Waals surface area contributed by atoms with E-state index in [0.29, 0.717) is 19.6 Å². The van der Waals surface area contributed by atoms with E-state index < -0.39 is 6.04 Å². The molecular weight excluding hydrogens is 347 g/mol. The number of hydrogen-bond donors (Lipinski definition) is 2. The van der Waals surface area contributed by atoms with E-state index in [1.807, 2.05) is 0 Å². The van der Waals surface area contributed by atoms with E-state index in [4.69, 9.17) is 16.2 Å². The summed E-state index contributed by atoms with van der Waals surface area (Å²) in [7, 11) is 0. The van der Waals surface area contributed by atoms with Crippen LogP contribution < -0.4 is 41.0 Å². The topological polar surface area (TPSA) is 78.3 Å². The molecule has 0 aromatic rings. The average molecular weight is 395 g/mol. The molecule has 158 valence electrons. The number of nitrogens with two attached hydrogens (primary N) is 2. The minimum Gasteiger partial charge on any atom is -1.00 e. The van der Waals surface area contributed by atoms with Crippen LogP contribution in [-0.4, -0.2) is 25.2 Å². The summed E-state index contributed by atoms with van der Waals surface area (Å²) in [5.41, 5.74) is 11.2. The molecule has 0 radical (unpaired) electrons. The van der Waals surface area contributed by atoms with Gasteiger partial charge < -0.3 is 17.6 Å². The molecule has 0 aromatic heterocycles. The Morgan fingerprint density at radius 2 is 1.22 bits per heavy atom. The molecule has 0 unspecified atom stereocenters. The maximum atomic E-state index is 11.7. The quantitative estimate of drug-likeness (QED) is 0.189. The molecule has 0 bridgehead atoms. The van der Waals surface area contributed by atoms with Gasteiger partial charge in [0.25, 0.3) is 0 Å². The van der Waals surface area contributed by atoms with Gasteiger partial charge in [-0.25, -0.2) is 0 Å². The van der Waals surface area contributed by atoms with Gasteiger partial charge in [0.1, 0.15) is 6.04 Å². The normalized spacial score (nSPS) is 11.8. The fraction of sp³-hybridized carbons (Fsp3) is 0.955. The van der Waals surface area contributed by atoms with E-state index in [9.17, 15) is 4.79 Å². The van der Waals surface area contributed by atoms with Crippen molar-refractivity contribution in [1.29, 1.82) is 0 Å². The Morgan fingerprint density at radius 1 is 0.778 bits per heavy atom. The number of ether oxygens (including phenoxy) is 1. The summed E-state index contributed by atoms with van der Waals surface area (Å²) < 4.78 is 5.25. The van der Waals surface area contributed by atoms with Gasteiger partial charge in [0.05, 0.1) is 6.61 Å². The van der Waals surface area contributed by atoms with Crippen LogP contribution in [0.2, 0.25) is 0 Å². The van der Waals surface area contributed by atoms with Crippen molar-refractivity contribution in [1.82, 2.24) is 0 Å². The second-order valence-electron chi connectivity index (χ2n) is 7.65. The Morgan fingerprint density at radius 3 is 1.67 bits per heavy atom. The summed E-state index contributed by atoms with van der Waals surface area (Å²) >= 11 is 0. The molecule has 0 saturated heterocycles. The van der Waals surface area contributed by atoms with Crippen LogP contribution in [0.4, 0.5) is 0 Å². The third kappa shape index (κ3) is 22.5. The van der Waals surface area contributed by atoms with Crippen LogP contribution in [0.1, 0.15) is 118 Å². The van der Waals surface area contributed by atoms with Crippen LogP contribution >= 0.6 is 0 Å². The Labute approximate surface area is 192 Å². The molecule has 0 aliphatic carbocycles. The van der Waals surface area contributed by atoms with Crippen molar-refractivity contribution in [3.05, 3.63) is 0 Å². The predicted molar refractivity (Wildman–Crippen MR) is 113 cm³/mol. The van der Waals surface area contributed by atoms with E-state index in [-0.39, 0.29) is 37.0 Å². The van der Waals surface area contributed by atoms with Gasteiger partial charge in [0, 0.05) is 0 Å². The number of unbranched alkanes of at least 4 members (excludes halogenated alkanes) is 14. The van der Waals surface area contributed by atoms with Crippen molar-refractivity contribution >= 4 is 5.97 Å². The third-order valence-corrected chi connectivity index (χ3v) is 5.01. The molecule has 1 atom stereocenters. The second kappa shape index (κ2) is 24.4. The predicted octanol–water partition coefficient (Wildman–Crippen LogP) is 2.58. The van der Waals surface area contributed by atoms with Crippen molar-refractivity contribution in [2.75, 3.05) is 13.2 Å². The molecule has 5 heteroatoms. The number of rotatable bonds is 20. The summed E-state index contributed by atoms with van der Waals surface area (Å²) in [5.74, 6) is -0.253. The first kappa shape index (κ1) is 29.6. The van der Waals surface area contributed by atoms with E-state index >= 15 is 0 Å². The minimum absolute atomic E-state index is 0. The first-order valence-electron chi connectivity index (χ1n) is 11.3. The van der Waals surface area contributed by atoms with Gasteiger partial charge in [-0.1, -0.05) is 96.8 Å². The molecule has 4 nitrogen and oxygen atoms in total. The number of esters is 1. The molecular formula is C22H47N2NaO2. The van der Waals surface area contributed by atoms with Crippen LogP contribution in [0.15, 0.2) is 0 Å². The Kier molecular flexibility index (Phi) is 26.8. The number of hydrogen-bond acceptors (Lipinski definition) is 4. The zero-order valence-electron chi connectivity index (χ0n) is 19.5. The number of carbonyl (C=O) groups excluding carboxylic acids is 1. The number of carbonyl (C=O) groups is 1. The van der Waals surface area contributed by atoms with Crippen LogP contribution in [0.3, 0.4) is 0 Å². The molecule has 0 rings (SSSR count). The van der Waals surface area contributed by atoms with E-state index in [0.717, 1.165) is 25.7 Å². The summed E-state index contributed by atoms with van der Waals surface area (Å²) in [6.45, 7) is 3.44. The minimum atomic E-state index is -0.479. The smallest absolute Gasteiger partial charge is 1.00 e. The van der Waals surface area contributed by atoms with Crippen molar-refractivity contribution in [3.63, 3.8) is 0 Å². The molecule has 0 amide bonds. The van der Waals surface area contributed by atoms with Crippen LogP contribution in [0.5, 0.6) is 0 Å². The fourth-order valence-electron chi connectivity index (χ4n) is 3.20. The van der Waals surface area contributed by atoms with Gasteiger partial charge >= 0.3 is 35.5 Å². The first-order valence-corrected chi connectivity index (χ1v) is 11.3.